The first-order valence-corrected chi connectivity index (χ1v) is 6.49. The molecule has 112 valence electrons. The number of rotatable bonds is 8. The second-order valence-corrected chi connectivity index (χ2v) is 4.60. The molecule has 1 amide bonds. The maximum Gasteiger partial charge on any atom is 0.326 e. The Hall–Kier alpha value is -2.05. The van der Waals surface area contributed by atoms with Gasteiger partial charge in [-0.25, -0.2) is 4.79 Å². The van der Waals surface area contributed by atoms with Gasteiger partial charge >= 0.3 is 5.97 Å². The van der Waals surface area contributed by atoms with Crippen molar-refractivity contribution in [3.8, 4) is 5.88 Å². The summed E-state index contributed by atoms with van der Waals surface area (Å²) in [5.41, 5.74) is 0. The van der Waals surface area contributed by atoms with Gasteiger partial charge in [0.15, 0.2) is 0 Å². The van der Waals surface area contributed by atoms with Crippen LogP contribution in [0.25, 0.3) is 0 Å². The molecule has 0 fully saturated rings. The topological polar surface area (TPSA) is 102 Å². The zero-order chi connectivity index (χ0) is 15.1. The van der Waals surface area contributed by atoms with Gasteiger partial charge in [0.05, 0.1) is 7.11 Å². The molecule has 1 aromatic rings. The Bertz CT molecular complexity index is 457. The van der Waals surface area contributed by atoms with E-state index in [1.165, 1.54) is 7.11 Å². The molecule has 20 heavy (non-hydrogen) atoms. The van der Waals surface area contributed by atoms with Crippen LogP contribution in [0.2, 0.25) is 0 Å². The first-order valence-electron chi connectivity index (χ1n) is 6.49. The first-order chi connectivity index (χ1) is 9.47. The molecule has 0 aliphatic heterocycles. The number of carbonyl (C=O) groups is 2. The standard InChI is InChI=1S/C13H20N2O5/c1-4-8(2)12(13(17)18)14-10(16)6-5-9-7-11(19-3)15-20-9/h7-8,12H,4-6H2,1-3H3,(H,14,16)(H,17,18)/t8-,12-/m0/s1. The van der Waals surface area contributed by atoms with Gasteiger partial charge in [-0.1, -0.05) is 20.3 Å². The fourth-order valence-corrected chi connectivity index (χ4v) is 1.67. The fraction of sp³-hybridized carbons (Fsp3) is 0.615. The van der Waals surface area contributed by atoms with Crippen LogP contribution in [0.5, 0.6) is 5.88 Å². The molecule has 0 aliphatic carbocycles. The molecule has 7 heteroatoms. The van der Waals surface area contributed by atoms with Crippen molar-refractivity contribution in [3.05, 3.63) is 11.8 Å². The lowest BCUT2D eigenvalue weighted by atomic mass is 9.99. The smallest absolute Gasteiger partial charge is 0.326 e. The molecule has 0 unspecified atom stereocenters. The third kappa shape index (κ3) is 4.56. The average Bonchev–Trinajstić information content (AvgIpc) is 2.89. The molecule has 1 heterocycles. The lowest BCUT2D eigenvalue weighted by Crippen LogP contribution is -2.45. The third-order valence-electron chi connectivity index (χ3n) is 3.14. The highest BCUT2D eigenvalue weighted by molar-refractivity contribution is 5.83. The van der Waals surface area contributed by atoms with Crippen molar-refractivity contribution in [2.24, 2.45) is 5.92 Å². The summed E-state index contributed by atoms with van der Waals surface area (Å²) in [4.78, 5) is 22.9. The zero-order valence-electron chi connectivity index (χ0n) is 11.9. The Balaban J connectivity index is 2.47. The van der Waals surface area contributed by atoms with Crippen LogP contribution in [0.15, 0.2) is 10.6 Å². The van der Waals surface area contributed by atoms with Crippen LogP contribution >= 0.6 is 0 Å². The van der Waals surface area contributed by atoms with Crippen LogP contribution in [0.1, 0.15) is 32.4 Å². The number of carboxylic acid groups (broad SMARTS) is 1. The Morgan fingerprint density at radius 1 is 1.55 bits per heavy atom. The zero-order valence-corrected chi connectivity index (χ0v) is 11.9. The molecule has 0 saturated carbocycles. The minimum atomic E-state index is -1.02. The van der Waals surface area contributed by atoms with E-state index in [0.29, 0.717) is 24.5 Å². The predicted molar refractivity (Wildman–Crippen MR) is 70.4 cm³/mol. The number of carbonyl (C=O) groups excluding carboxylic acids is 1. The number of ether oxygens (including phenoxy) is 1. The Morgan fingerprint density at radius 2 is 2.25 bits per heavy atom. The number of hydrogen-bond acceptors (Lipinski definition) is 5. The number of methoxy groups -OCH3 is 1. The van der Waals surface area contributed by atoms with Gasteiger partial charge in [-0.05, 0) is 11.1 Å². The summed E-state index contributed by atoms with van der Waals surface area (Å²) in [5.74, 6) is -0.597. The molecular weight excluding hydrogens is 264 g/mol. The molecule has 1 aromatic heterocycles. The Kier molecular flexibility index (Phi) is 6.02. The van der Waals surface area contributed by atoms with E-state index < -0.39 is 12.0 Å². The summed E-state index contributed by atoms with van der Waals surface area (Å²) < 4.78 is 9.82. The van der Waals surface area contributed by atoms with Crippen LogP contribution in [0, 0.1) is 5.92 Å². The van der Waals surface area contributed by atoms with Crippen molar-refractivity contribution < 1.29 is 24.0 Å². The number of amides is 1. The molecule has 7 nitrogen and oxygen atoms in total. The van der Waals surface area contributed by atoms with Gasteiger partial charge in [-0.2, -0.15) is 0 Å². The molecule has 0 bridgehead atoms. The van der Waals surface area contributed by atoms with Gasteiger partial charge < -0.3 is 19.7 Å². The van der Waals surface area contributed by atoms with Gasteiger partial charge in [0.2, 0.25) is 5.91 Å². The van der Waals surface area contributed by atoms with Crippen molar-refractivity contribution in [1.29, 1.82) is 0 Å². The number of aromatic nitrogens is 1. The second-order valence-electron chi connectivity index (χ2n) is 4.60. The lowest BCUT2D eigenvalue weighted by molar-refractivity contribution is -0.143. The van der Waals surface area contributed by atoms with E-state index in [2.05, 4.69) is 10.5 Å². The summed E-state index contributed by atoms with van der Waals surface area (Å²) in [6, 6.07) is 0.730. The lowest BCUT2D eigenvalue weighted by Gasteiger charge is -2.19. The summed E-state index contributed by atoms with van der Waals surface area (Å²) in [6.45, 7) is 3.67. The van der Waals surface area contributed by atoms with Crippen LogP contribution < -0.4 is 10.1 Å². The normalized spacial score (nSPS) is 13.6. The third-order valence-corrected chi connectivity index (χ3v) is 3.14. The molecule has 0 saturated heterocycles. The second kappa shape index (κ2) is 7.52. The van der Waals surface area contributed by atoms with E-state index in [1.54, 1.807) is 13.0 Å². The van der Waals surface area contributed by atoms with Crippen LogP contribution in [0.3, 0.4) is 0 Å². The van der Waals surface area contributed by atoms with Gasteiger partial charge in [0.25, 0.3) is 5.88 Å². The number of hydrogen-bond donors (Lipinski definition) is 2. The molecule has 2 N–H and O–H groups in total. The number of nitrogens with one attached hydrogen (secondary N) is 1. The Labute approximate surface area is 117 Å². The van der Waals surface area contributed by atoms with Crippen molar-refractivity contribution in [2.75, 3.05) is 7.11 Å². The quantitative estimate of drug-likeness (QED) is 0.744. The summed E-state index contributed by atoms with van der Waals surface area (Å²) in [6.07, 6.45) is 1.16. The highest BCUT2D eigenvalue weighted by Gasteiger charge is 2.25. The van der Waals surface area contributed by atoms with Crippen LogP contribution in [-0.2, 0) is 16.0 Å². The molecule has 0 spiro atoms. The van der Waals surface area contributed by atoms with Crippen molar-refractivity contribution >= 4 is 11.9 Å². The van der Waals surface area contributed by atoms with Crippen molar-refractivity contribution in [3.63, 3.8) is 0 Å². The van der Waals surface area contributed by atoms with E-state index >= 15 is 0 Å². The molecular formula is C13H20N2O5. The monoisotopic (exact) mass is 284 g/mol. The van der Waals surface area contributed by atoms with E-state index in [4.69, 9.17) is 14.4 Å². The van der Waals surface area contributed by atoms with Crippen molar-refractivity contribution in [2.45, 2.75) is 39.2 Å². The largest absolute Gasteiger partial charge is 0.480 e. The summed E-state index contributed by atoms with van der Waals surface area (Å²) >= 11 is 0. The Morgan fingerprint density at radius 3 is 2.75 bits per heavy atom. The minimum Gasteiger partial charge on any atom is -0.480 e. The number of carboxylic acids is 1. The van der Waals surface area contributed by atoms with Gasteiger partial charge in [-0.3, -0.25) is 4.79 Å². The first kappa shape index (κ1) is 16.0. The maximum atomic E-state index is 11.8. The van der Waals surface area contributed by atoms with Gasteiger partial charge in [-0.15, -0.1) is 0 Å². The summed E-state index contributed by atoms with van der Waals surface area (Å²) in [5, 5.41) is 15.2. The van der Waals surface area contributed by atoms with E-state index in [-0.39, 0.29) is 18.2 Å². The predicted octanol–water partition coefficient (Wildman–Crippen LogP) is 1.23. The maximum absolute atomic E-state index is 11.8. The van der Waals surface area contributed by atoms with E-state index in [1.807, 2.05) is 6.92 Å². The van der Waals surface area contributed by atoms with Crippen LogP contribution in [-0.4, -0.2) is 35.3 Å². The molecule has 0 aromatic carbocycles. The van der Waals surface area contributed by atoms with Gasteiger partial charge in [0, 0.05) is 18.9 Å². The summed E-state index contributed by atoms with van der Waals surface area (Å²) in [7, 11) is 1.47. The highest BCUT2D eigenvalue weighted by atomic mass is 16.5. The van der Waals surface area contributed by atoms with Crippen molar-refractivity contribution in [1.82, 2.24) is 10.5 Å². The van der Waals surface area contributed by atoms with E-state index in [9.17, 15) is 9.59 Å². The average molecular weight is 284 g/mol. The molecule has 1 rings (SSSR count). The number of nitrogens with zero attached hydrogens (tertiary/aromatic N) is 1. The highest BCUT2D eigenvalue weighted by Crippen LogP contribution is 2.13. The minimum absolute atomic E-state index is 0.123. The number of aryl methyl sites for hydroxylation is 1. The molecule has 2 atom stereocenters. The van der Waals surface area contributed by atoms with Gasteiger partial charge in [0.1, 0.15) is 11.8 Å². The fourth-order valence-electron chi connectivity index (χ4n) is 1.67. The SMILES string of the molecule is CC[C@H](C)[C@H](NC(=O)CCc1cc(OC)no1)C(=O)O. The number of aliphatic carboxylic acids is 1. The molecule has 0 radical (unpaired) electrons. The van der Waals surface area contributed by atoms with Crippen LogP contribution in [0.4, 0.5) is 0 Å². The molecule has 0 aliphatic rings. The van der Waals surface area contributed by atoms with E-state index in [0.717, 1.165) is 0 Å².